The van der Waals surface area contributed by atoms with Gasteiger partial charge in [0.15, 0.2) is 0 Å². The summed E-state index contributed by atoms with van der Waals surface area (Å²) in [4.78, 5) is 19.3. The summed E-state index contributed by atoms with van der Waals surface area (Å²) in [5.41, 5.74) is 3.58. The number of ether oxygens (including phenoxy) is 1. The third kappa shape index (κ3) is 2.83. The molecule has 0 bridgehead atoms. The number of amides is 1. The van der Waals surface area contributed by atoms with E-state index in [9.17, 15) is 4.79 Å². The molecule has 0 aliphatic carbocycles. The van der Waals surface area contributed by atoms with Gasteiger partial charge in [0.1, 0.15) is 0 Å². The zero-order valence-corrected chi connectivity index (χ0v) is 13.6. The normalized spacial score (nSPS) is 22.1. The maximum atomic E-state index is 12.9. The van der Waals surface area contributed by atoms with Crippen molar-refractivity contribution in [2.75, 3.05) is 13.1 Å². The average molecular weight is 298 g/mol. The summed E-state index contributed by atoms with van der Waals surface area (Å²) in [6, 6.07) is 8.09. The van der Waals surface area contributed by atoms with Crippen molar-refractivity contribution < 1.29 is 9.53 Å². The Morgan fingerprint density at radius 1 is 1.18 bits per heavy atom. The van der Waals surface area contributed by atoms with Crippen LogP contribution in [0.25, 0.3) is 10.9 Å². The van der Waals surface area contributed by atoms with E-state index in [0.29, 0.717) is 18.7 Å². The van der Waals surface area contributed by atoms with Gasteiger partial charge >= 0.3 is 0 Å². The topological polar surface area (TPSA) is 42.4 Å². The molecule has 1 aliphatic heterocycles. The number of hydrogen-bond acceptors (Lipinski definition) is 3. The van der Waals surface area contributed by atoms with Crippen molar-refractivity contribution in [1.82, 2.24) is 9.88 Å². The van der Waals surface area contributed by atoms with E-state index in [2.05, 4.69) is 11.1 Å². The molecule has 2 atom stereocenters. The van der Waals surface area contributed by atoms with Crippen LogP contribution >= 0.6 is 0 Å². The van der Waals surface area contributed by atoms with E-state index in [1.54, 1.807) is 0 Å². The number of carbonyl (C=O) groups excluding carboxylic acids is 1. The quantitative estimate of drug-likeness (QED) is 0.812. The number of morpholine rings is 1. The standard InChI is InChI=1S/C18H22N2O2/c1-11-5-6-17-15(7-11)8-16(14(4)19-17)18(21)20-9-12(2)22-13(3)10-20/h5-8,12-13H,9-10H2,1-4H3. The van der Waals surface area contributed by atoms with E-state index in [1.807, 2.05) is 50.8 Å². The van der Waals surface area contributed by atoms with Crippen LogP contribution in [-0.2, 0) is 4.74 Å². The second-order valence-electron chi connectivity index (χ2n) is 6.28. The van der Waals surface area contributed by atoms with Gasteiger partial charge in [0.25, 0.3) is 5.91 Å². The van der Waals surface area contributed by atoms with Gasteiger partial charge in [-0.3, -0.25) is 9.78 Å². The van der Waals surface area contributed by atoms with Crippen LogP contribution in [0.15, 0.2) is 24.3 Å². The highest BCUT2D eigenvalue weighted by Gasteiger charge is 2.27. The van der Waals surface area contributed by atoms with Crippen LogP contribution in [0.3, 0.4) is 0 Å². The van der Waals surface area contributed by atoms with Crippen LogP contribution in [0.4, 0.5) is 0 Å². The number of benzene rings is 1. The van der Waals surface area contributed by atoms with Gasteiger partial charge in [-0.2, -0.15) is 0 Å². The Bertz CT molecular complexity index is 716. The molecule has 1 aliphatic rings. The number of aromatic nitrogens is 1. The second-order valence-corrected chi connectivity index (χ2v) is 6.28. The smallest absolute Gasteiger partial charge is 0.255 e. The van der Waals surface area contributed by atoms with Crippen molar-refractivity contribution in [3.63, 3.8) is 0 Å². The lowest BCUT2D eigenvalue weighted by molar-refractivity contribution is -0.0586. The Morgan fingerprint density at radius 2 is 1.86 bits per heavy atom. The first kappa shape index (κ1) is 15.0. The molecule has 22 heavy (non-hydrogen) atoms. The maximum Gasteiger partial charge on any atom is 0.255 e. The molecule has 1 fully saturated rings. The fourth-order valence-corrected chi connectivity index (χ4v) is 3.12. The monoisotopic (exact) mass is 298 g/mol. The molecule has 0 saturated carbocycles. The van der Waals surface area contributed by atoms with E-state index in [4.69, 9.17) is 4.74 Å². The first-order valence-corrected chi connectivity index (χ1v) is 7.77. The number of aryl methyl sites for hydroxylation is 2. The molecule has 2 heterocycles. The van der Waals surface area contributed by atoms with Crippen molar-refractivity contribution >= 4 is 16.8 Å². The van der Waals surface area contributed by atoms with Crippen molar-refractivity contribution in [3.8, 4) is 0 Å². The predicted molar refractivity (Wildman–Crippen MR) is 87.1 cm³/mol. The predicted octanol–water partition coefficient (Wildman–Crippen LogP) is 3.10. The van der Waals surface area contributed by atoms with E-state index in [0.717, 1.165) is 16.6 Å². The molecule has 116 valence electrons. The van der Waals surface area contributed by atoms with Crippen molar-refractivity contribution in [2.24, 2.45) is 0 Å². The van der Waals surface area contributed by atoms with Gasteiger partial charge < -0.3 is 9.64 Å². The molecule has 4 nitrogen and oxygen atoms in total. The molecular weight excluding hydrogens is 276 g/mol. The molecule has 3 rings (SSSR count). The zero-order valence-electron chi connectivity index (χ0n) is 13.6. The number of nitrogens with zero attached hydrogens (tertiary/aromatic N) is 2. The third-order valence-electron chi connectivity index (χ3n) is 4.10. The van der Waals surface area contributed by atoms with E-state index >= 15 is 0 Å². The molecule has 1 saturated heterocycles. The largest absolute Gasteiger partial charge is 0.372 e. The highest BCUT2D eigenvalue weighted by Crippen LogP contribution is 2.21. The van der Waals surface area contributed by atoms with Crippen LogP contribution in [0.5, 0.6) is 0 Å². The SMILES string of the molecule is Cc1ccc2nc(C)c(C(=O)N3CC(C)OC(C)C3)cc2c1. The van der Waals surface area contributed by atoms with Crippen LogP contribution in [0, 0.1) is 13.8 Å². The summed E-state index contributed by atoms with van der Waals surface area (Å²) < 4.78 is 5.71. The molecule has 1 aromatic carbocycles. The van der Waals surface area contributed by atoms with Gasteiger partial charge in [0.2, 0.25) is 0 Å². The van der Waals surface area contributed by atoms with Crippen molar-refractivity contribution in [3.05, 3.63) is 41.1 Å². The molecule has 0 radical (unpaired) electrons. The number of rotatable bonds is 1. The minimum Gasteiger partial charge on any atom is -0.372 e. The summed E-state index contributed by atoms with van der Waals surface area (Å²) >= 11 is 0. The highest BCUT2D eigenvalue weighted by molar-refractivity contribution is 5.98. The number of pyridine rings is 1. The zero-order chi connectivity index (χ0) is 15.9. The Kier molecular flexibility index (Phi) is 3.87. The minimum absolute atomic E-state index is 0.0513. The lowest BCUT2D eigenvalue weighted by Crippen LogP contribution is -2.48. The lowest BCUT2D eigenvalue weighted by Gasteiger charge is -2.35. The lowest BCUT2D eigenvalue weighted by atomic mass is 10.1. The fraction of sp³-hybridized carbons (Fsp3) is 0.444. The van der Waals surface area contributed by atoms with Gasteiger partial charge in [-0.1, -0.05) is 11.6 Å². The fourth-order valence-electron chi connectivity index (χ4n) is 3.12. The van der Waals surface area contributed by atoms with Crippen LogP contribution in [-0.4, -0.2) is 41.1 Å². The third-order valence-corrected chi connectivity index (χ3v) is 4.10. The molecule has 0 spiro atoms. The summed E-state index contributed by atoms with van der Waals surface area (Å²) in [5, 5.41) is 1.02. The van der Waals surface area contributed by atoms with Crippen molar-refractivity contribution in [1.29, 1.82) is 0 Å². The first-order valence-electron chi connectivity index (χ1n) is 7.77. The molecular formula is C18H22N2O2. The van der Waals surface area contributed by atoms with Gasteiger partial charge in [-0.05, 0) is 45.9 Å². The van der Waals surface area contributed by atoms with Gasteiger partial charge in [-0.15, -0.1) is 0 Å². The summed E-state index contributed by atoms with van der Waals surface area (Å²) in [7, 11) is 0. The Balaban J connectivity index is 1.98. The van der Waals surface area contributed by atoms with Crippen molar-refractivity contribution in [2.45, 2.75) is 39.9 Å². The van der Waals surface area contributed by atoms with E-state index < -0.39 is 0 Å². The molecule has 1 aromatic heterocycles. The van der Waals surface area contributed by atoms with Crippen LogP contribution in [0.1, 0.15) is 35.5 Å². The summed E-state index contributed by atoms with van der Waals surface area (Å²) in [6.07, 6.45) is 0.146. The minimum atomic E-state index is 0.0513. The average Bonchev–Trinajstić information content (AvgIpc) is 2.45. The molecule has 1 amide bonds. The Morgan fingerprint density at radius 3 is 2.55 bits per heavy atom. The maximum absolute atomic E-state index is 12.9. The number of hydrogen-bond donors (Lipinski definition) is 0. The van der Waals surface area contributed by atoms with Gasteiger partial charge in [0, 0.05) is 18.5 Å². The van der Waals surface area contributed by atoms with Gasteiger partial charge in [0.05, 0.1) is 29.0 Å². The molecule has 4 heteroatoms. The van der Waals surface area contributed by atoms with E-state index in [-0.39, 0.29) is 18.1 Å². The highest BCUT2D eigenvalue weighted by atomic mass is 16.5. The Hall–Kier alpha value is -1.94. The van der Waals surface area contributed by atoms with Gasteiger partial charge in [-0.25, -0.2) is 0 Å². The molecule has 2 unspecified atom stereocenters. The second kappa shape index (κ2) is 5.69. The molecule has 0 N–H and O–H groups in total. The number of carbonyl (C=O) groups is 1. The Labute approximate surface area is 131 Å². The summed E-state index contributed by atoms with van der Waals surface area (Å²) in [5.74, 6) is 0.0513. The molecule has 2 aromatic rings. The summed E-state index contributed by atoms with van der Waals surface area (Å²) in [6.45, 7) is 9.23. The number of fused-ring (bicyclic) bond motifs is 1. The first-order chi connectivity index (χ1) is 10.4. The van der Waals surface area contributed by atoms with E-state index in [1.165, 1.54) is 5.56 Å². The van der Waals surface area contributed by atoms with Crippen LogP contribution in [0.2, 0.25) is 0 Å². The van der Waals surface area contributed by atoms with Crippen LogP contribution < -0.4 is 0 Å².